The molecule has 1 aromatic heterocycles. The number of carbonyl (C=O) groups excluding carboxylic acids is 1. The smallest absolute Gasteiger partial charge is 0.323 e. The Balaban J connectivity index is 1.80. The average Bonchev–Trinajstić information content (AvgIpc) is 3.31. The van der Waals surface area contributed by atoms with Crippen LogP contribution in [0.2, 0.25) is 0 Å². The van der Waals surface area contributed by atoms with Crippen LogP contribution >= 0.6 is 24.0 Å². The number of amides is 1. The van der Waals surface area contributed by atoms with Gasteiger partial charge in [-0.1, -0.05) is 42.2 Å². The molecular weight excluding hydrogens is 458 g/mol. The summed E-state index contributed by atoms with van der Waals surface area (Å²) in [5, 5.41) is 13.9. The SMILES string of the molecule is CCOc1ccc(-c2nn(-c3ccccc3)cc2C=C2SC(=S)N(CC(=O)O)C2=O)c(C)c1. The van der Waals surface area contributed by atoms with E-state index in [-0.39, 0.29) is 4.32 Å². The first-order chi connectivity index (χ1) is 15.9. The molecule has 1 amide bonds. The Kier molecular flexibility index (Phi) is 6.62. The van der Waals surface area contributed by atoms with E-state index in [0.717, 1.165) is 44.8 Å². The number of nitrogens with zero attached hydrogens (tertiary/aromatic N) is 3. The number of thiocarbonyl (C=S) groups is 1. The normalized spacial score (nSPS) is 14.8. The number of carboxylic acid groups (broad SMARTS) is 1. The highest BCUT2D eigenvalue weighted by molar-refractivity contribution is 8.26. The van der Waals surface area contributed by atoms with Crippen LogP contribution in [0.25, 0.3) is 23.0 Å². The third-order valence-electron chi connectivity index (χ3n) is 4.98. The number of carboxylic acids is 1. The first-order valence-electron chi connectivity index (χ1n) is 10.2. The van der Waals surface area contributed by atoms with Gasteiger partial charge in [-0.15, -0.1) is 0 Å². The highest BCUT2D eigenvalue weighted by atomic mass is 32.2. The van der Waals surface area contributed by atoms with Gasteiger partial charge in [0.15, 0.2) is 0 Å². The van der Waals surface area contributed by atoms with Crippen LogP contribution in [0.1, 0.15) is 18.1 Å². The molecule has 33 heavy (non-hydrogen) atoms. The Morgan fingerprint density at radius 2 is 2.00 bits per heavy atom. The molecule has 0 spiro atoms. The zero-order valence-corrected chi connectivity index (χ0v) is 19.7. The van der Waals surface area contributed by atoms with E-state index in [1.165, 1.54) is 0 Å². The number of thioether (sulfide) groups is 1. The molecule has 0 unspecified atom stereocenters. The molecule has 1 fully saturated rings. The number of benzene rings is 2. The Morgan fingerprint density at radius 1 is 1.24 bits per heavy atom. The van der Waals surface area contributed by atoms with Crippen molar-refractivity contribution in [3.8, 4) is 22.7 Å². The highest BCUT2D eigenvalue weighted by Crippen LogP contribution is 2.36. The number of carbonyl (C=O) groups is 2. The molecule has 0 aliphatic carbocycles. The Hall–Kier alpha value is -3.43. The third kappa shape index (κ3) is 4.84. The van der Waals surface area contributed by atoms with Crippen LogP contribution in [-0.4, -0.2) is 49.1 Å². The van der Waals surface area contributed by atoms with Gasteiger partial charge in [0.1, 0.15) is 22.3 Å². The number of rotatable bonds is 7. The lowest BCUT2D eigenvalue weighted by Gasteiger charge is -2.10. The van der Waals surface area contributed by atoms with Crippen molar-refractivity contribution in [2.45, 2.75) is 13.8 Å². The van der Waals surface area contributed by atoms with E-state index < -0.39 is 18.4 Å². The summed E-state index contributed by atoms with van der Waals surface area (Å²) < 4.78 is 7.59. The van der Waals surface area contributed by atoms with Crippen LogP contribution < -0.4 is 4.74 Å². The molecule has 3 aromatic rings. The van der Waals surface area contributed by atoms with Crippen LogP contribution in [0.5, 0.6) is 5.75 Å². The van der Waals surface area contributed by atoms with E-state index >= 15 is 0 Å². The minimum atomic E-state index is -1.12. The number of ether oxygens (including phenoxy) is 1. The molecule has 1 aliphatic heterocycles. The topological polar surface area (TPSA) is 84.7 Å². The van der Waals surface area contributed by atoms with E-state index in [9.17, 15) is 9.59 Å². The quantitative estimate of drug-likeness (QED) is 0.394. The van der Waals surface area contributed by atoms with E-state index in [1.54, 1.807) is 10.8 Å². The van der Waals surface area contributed by atoms with Crippen LogP contribution in [0.15, 0.2) is 59.6 Å². The maximum atomic E-state index is 12.8. The summed E-state index contributed by atoms with van der Waals surface area (Å²) in [5.74, 6) is -0.762. The monoisotopic (exact) mass is 479 g/mol. The standard InChI is InChI=1S/C24H21N3O4S2/c1-3-31-18-9-10-19(15(2)11-18)22-16(13-27(25-22)17-7-5-4-6-8-17)12-20-23(30)26(14-21(28)29)24(32)33-20/h4-13H,3,14H2,1-2H3,(H,28,29). The van der Waals surface area contributed by atoms with Gasteiger partial charge in [-0.05, 0) is 55.8 Å². The van der Waals surface area contributed by atoms with Gasteiger partial charge >= 0.3 is 5.97 Å². The number of aryl methyl sites for hydroxylation is 1. The molecule has 1 aliphatic rings. The molecule has 2 aromatic carbocycles. The second kappa shape index (κ2) is 9.60. The molecule has 2 heterocycles. The van der Waals surface area contributed by atoms with Crippen LogP contribution in [0.3, 0.4) is 0 Å². The average molecular weight is 480 g/mol. The summed E-state index contributed by atoms with van der Waals surface area (Å²) >= 11 is 6.32. The Bertz CT molecular complexity index is 1270. The first-order valence-corrected chi connectivity index (χ1v) is 11.5. The van der Waals surface area contributed by atoms with Crippen LogP contribution in [-0.2, 0) is 9.59 Å². The molecule has 168 valence electrons. The molecule has 4 rings (SSSR count). The van der Waals surface area contributed by atoms with Crippen LogP contribution in [0, 0.1) is 6.92 Å². The maximum Gasteiger partial charge on any atom is 0.323 e. The summed E-state index contributed by atoms with van der Waals surface area (Å²) in [5.41, 5.74) is 4.18. The maximum absolute atomic E-state index is 12.8. The molecule has 0 atom stereocenters. The predicted octanol–water partition coefficient (Wildman–Crippen LogP) is 4.53. The van der Waals surface area contributed by atoms with Gasteiger partial charge in [0.2, 0.25) is 0 Å². The highest BCUT2D eigenvalue weighted by Gasteiger charge is 2.33. The van der Waals surface area contributed by atoms with Crippen LogP contribution in [0.4, 0.5) is 0 Å². The van der Waals surface area contributed by atoms with Gasteiger partial charge in [-0.25, -0.2) is 4.68 Å². The van der Waals surface area contributed by atoms with Crippen molar-refractivity contribution in [1.82, 2.24) is 14.7 Å². The first kappa shape index (κ1) is 22.8. The van der Waals surface area contributed by atoms with Gasteiger partial charge in [0.05, 0.1) is 17.2 Å². The second-order valence-electron chi connectivity index (χ2n) is 7.28. The summed E-state index contributed by atoms with van der Waals surface area (Å²) in [6.45, 7) is 4.03. The van der Waals surface area contributed by atoms with Gasteiger partial charge < -0.3 is 9.84 Å². The van der Waals surface area contributed by atoms with Crippen molar-refractivity contribution in [3.63, 3.8) is 0 Å². The predicted molar refractivity (Wildman–Crippen MR) is 132 cm³/mol. The molecule has 1 saturated heterocycles. The fourth-order valence-electron chi connectivity index (χ4n) is 3.49. The van der Waals surface area contributed by atoms with Crippen molar-refractivity contribution in [2.24, 2.45) is 0 Å². The number of hydrogen-bond acceptors (Lipinski definition) is 6. The minimum absolute atomic E-state index is 0.225. The van der Waals surface area contributed by atoms with Crippen molar-refractivity contribution in [3.05, 3.63) is 70.8 Å². The Labute approximate surface area is 200 Å². The fourth-order valence-corrected chi connectivity index (χ4v) is 4.73. The van der Waals surface area contributed by atoms with E-state index in [1.807, 2.05) is 68.6 Å². The Morgan fingerprint density at radius 3 is 2.67 bits per heavy atom. The molecule has 0 saturated carbocycles. The van der Waals surface area contributed by atoms with Gasteiger partial charge in [0, 0.05) is 17.3 Å². The number of aliphatic carboxylic acids is 1. The zero-order chi connectivity index (χ0) is 23.5. The molecular formula is C24H21N3O4S2. The molecule has 1 N–H and O–H groups in total. The molecule has 9 heteroatoms. The van der Waals surface area contributed by atoms with Crippen molar-refractivity contribution in [1.29, 1.82) is 0 Å². The number of hydrogen-bond donors (Lipinski definition) is 1. The lowest BCUT2D eigenvalue weighted by atomic mass is 10.0. The lowest BCUT2D eigenvalue weighted by Crippen LogP contribution is -2.33. The summed E-state index contributed by atoms with van der Waals surface area (Å²) in [4.78, 5) is 25.4. The van der Waals surface area contributed by atoms with E-state index in [0.29, 0.717) is 17.2 Å². The summed E-state index contributed by atoms with van der Waals surface area (Å²) in [7, 11) is 0. The lowest BCUT2D eigenvalue weighted by molar-refractivity contribution is -0.140. The van der Waals surface area contributed by atoms with Gasteiger partial charge in [0.25, 0.3) is 5.91 Å². The van der Waals surface area contributed by atoms with Gasteiger partial charge in [-0.2, -0.15) is 5.10 Å². The third-order valence-corrected chi connectivity index (χ3v) is 6.36. The minimum Gasteiger partial charge on any atom is -0.494 e. The molecule has 0 bridgehead atoms. The van der Waals surface area contributed by atoms with Crippen molar-refractivity contribution >= 4 is 46.3 Å². The number of aromatic nitrogens is 2. The fraction of sp³-hybridized carbons (Fsp3) is 0.167. The van der Waals surface area contributed by atoms with E-state index in [4.69, 9.17) is 27.2 Å². The van der Waals surface area contributed by atoms with E-state index in [2.05, 4.69) is 0 Å². The largest absolute Gasteiger partial charge is 0.494 e. The number of para-hydroxylation sites is 1. The van der Waals surface area contributed by atoms with Crippen molar-refractivity contribution < 1.29 is 19.4 Å². The molecule has 0 radical (unpaired) electrons. The summed E-state index contributed by atoms with van der Waals surface area (Å²) in [6.07, 6.45) is 3.57. The summed E-state index contributed by atoms with van der Waals surface area (Å²) in [6, 6.07) is 15.5. The second-order valence-corrected chi connectivity index (χ2v) is 8.96. The zero-order valence-electron chi connectivity index (χ0n) is 18.0. The molecule has 7 nitrogen and oxygen atoms in total. The van der Waals surface area contributed by atoms with Gasteiger partial charge in [-0.3, -0.25) is 14.5 Å². The van der Waals surface area contributed by atoms with Crippen molar-refractivity contribution in [2.75, 3.05) is 13.2 Å².